The highest BCUT2D eigenvalue weighted by Crippen LogP contribution is 2.41. The molecule has 0 saturated carbocycles. The van der Waals surface area contributed by atoms with Gasteiger partial charge in [0, 0.05) is 16.2 Å². The minimum atomic E-state index is -1.10. The molecule has 2 aromatic rings. The topological polar surface area (TPSA) is 37.4 Å². The zero-order valence-electron chi connectivity index (χ0n) is 12.9. The molecule has 7 heteroatoms. The van der Waals surface area contributed by atoms with Crippen molar-refractivity contribution in [1.82, 2.24) is 0 Å². The molecule has 0 fully saturated rings. The summed E-state index contributed by atoms with van der Waals surface area (Å²) in [7, 11) is 0. The lowest BCUT2D eigenvalue weighted by Crippen LogP contribution is -2.31. The quantitative estimate of drug-likeness (QED) is 0.751. The number of imide groups is 1. The van der Waals surface area contributed by atoms with Gasteiger partial charge in [-0.3, -0.25) is 9.59 Å². The summed E-state index contributed by atoms with van der Waals surface area (Å²) >= 11 is 2.65. The third-order valence-electron chi connectivity index (χ3n) is 3.32. The van der Waals surface area contributed by atoms with E-state index in [9.17, 15) is 18.4 Å². The molecule has 0 aliphatic carbocycles. The molecule has 124 valence electrons. The molecule has 3 rings (SSSR count). The summed E-state index contributed by atoms with van der Waals surface area (Å²) < 4.78 is 26.7. The summed E-state index contributed by atoms with van der Waals surface area (Å²) in [5, 5.41) is 1.91. The summed E-state index contributed by atoms with van der Waals surface area (Å²) in [6, 6.07) is 6.55. The number of hydrogen-bond acceptors (Lipinski definition) is 4. The molecular weight excluding hydrogens is 352 g/mol. The van der Waals surface area contributed by atoms with Gasteiger partial charge < -0.3 is 0 Å². The number of thiophene rings is 1. The first kappa shape index (κ1) is 16.9. The smallest absolute Gasteiger partial charge is 0.268 e. The third kappa shape index (κ3) is 2.89. The summed E-state index contributed by atoms with van der Waals surface area (Å²) in [6.45, 7) is 3.84. The van der Waals surface area contributed by atoms with Crippen LogP contribution in [0.25, 0.3) is 5.57 Å². The van der Waals surface area contributed by atoms with Crippen LogP contribution in [0.3, 0.4) is 0 Å². The van der Waals surface area contributed by atoms with Gasteiger partial charge in [0.15, 0.2) is 11.6 Å². The number of nitrogens with zero attached hydrogens (tertiary/aromatic N) is 1. The van der Waals surface area contributed by atoms with Crippen molar-refractivity contribution in [2.45, 2.75) is 19.1 Å². The van der Waals surface area contributed by atoms with Crippen LogP contribution in [0, 0.1) is 11.6 Å². The summed E-state index contributed by atoms with van der Waals surface area (Å²) in [5.74, 6) is -3.15. The first-order valence-corrected chi connectivity index (χ1v) is 8.94. The standard InChI is InChI=1S/C17H13F2NO2S2/c1-9(2)24-15-14(13-4-3-7-23-13)16(21)20(17(15)22)10-5-6-11(18)12(19)8-10/h3-9H,1-2H3. The summed E-state index contributed by atoms with van der Waals surface area (Å²) in [6.07, 6.45) is 0. The van der Waals surface area contributed by atoms with Crippen molar-refractivity contribution in [3.05, 3.63) is 57.1 Å². The predicted molar refractivity (Wildman–Crippen MR) is 92.8 cm³/mol. The molecule has 0 N–H and O–H groups in total. The molecule has 3 nitrogen and oxygen atoms in total. The summed E-state index contributed by atoms with van der Waals surface area (Å²) in [5.41, 5.74) is 0.343. The number of hydrogen-bond donors (Lipinski definition) is 0. The zero-order valence-corrected chi connectivity index (χ0v) is 14.5. The maximum Gasteiger partial charge on any atom is 0.272 e. The van der Waals surface area contributed by atoms with E-state index in [2.05, 4.69) is 0 Å². The normalized spacial score (nSPS) is 15.1. The number of anilines is 1. The lowest BCUT2D eigenvalue weighted by molar-refractivity contribution is -0.119. The van der Waals surface area contributed by atoms with Crippen LogP contribution < -0.4 is 4.90 Å². The number of carbonyl (C=O) groups excluding carboxylic acids is 2. The number of thioether (sulfide) groups is 1. The SMILES string of the molecule is CC(C)SC1=C(c2cccs2)C(=O)N(c2ccc(F)c(F)c2)C1=O. The minimum Gasteiger partial charge on any atom is -0.268 e. The summed E-state index contributed by atoms with van der Waals surface area (Å²) in [4.78, 5) is 27.5. The molecular formula is C17H13F2NO2S2. The van der Waals surface area contributed by atoms with E-state index >= 15 is 0 Å². The van der Waals surface area contributed by atoms with Gasteiger partial charge in [0.2, 0.25) is 0 Å². The maximum atomic E-state index is 13.5. The van der Waals surface area contributed by atoms with Gasteiger partial charge in [0.1, 0.15) is 0 Å². The molecule has 24 heavy (non-hydrogen) atoms. The first-order chi connectivity index (χ1) is 11.4. The van der Waals surface area contributed by atoms with Gasteiger partial charge in [-0.2, -0.15) is 0 Å². The van der Waals surface area contributed by atoms with Gasteiger partial charge in [-0.1, -0.05) is 19.9 Å². The van der Waals surface area contributed by atoms with Crippen LogP contribution >= 0.6 is 23.1 Å². The number of carbonyl (C=O) groups is 2. The second-order valence-corrected chi connectivity index (χ2v) is 7.93. The van der Waals surface area contributed by atoms with Crippen LogP contribution in [-0.2, 0) is 9.59 Å². The average molecular weight is 365 g/mol. The van der Waals surface area contributed by atoms with Crippen molar-refractivity contribution >= 4 is 46.2 Å². The Morgan fingerprint density at radius 3 is 2.42 bits per heavy atom. The third-order valence-corrected chi connectivity index (χ3v) is 5.30. The van der Waals surface area contributed by atoms with E-state index in [1.165, 1.54) is 29.2 Å². The van der Waals surface area contributed by atoms with Crippen LogP contribution in [-0.4, -0.2) is 17.1 Å². The van der Waals surface area contributed by atoms with Gasteiger partial charge in [0.05, 0.1) is 16.2 Å². The monoisotopic (exact) mass is 365 g/mol. The van der Waals surface area contributed by atoms with Gasteiger partial charge in [-0.15, -0.1) is 23.1 Å². The highest BCUT2D eigenvalue weighted by atomic mass is 32.2. The van der Waals surface area contributed by atoms with Crippen LogP contribution in [0.2, 0.25) is 0 Å². The van der Waals surface area contributed by atoms with E-state index in [0.717, 1.165) is 17.0 Å². The second-order valence-electron chi connectivity index (χ2n) is 5.39. The number of amides is 2. The fourth-order valence-corrected chi connectivity index (χ4v) is 4.16. The van der Waals surface area contributed by atoms with Crippen LogP contribution in [0.15, 0.2) is 40.6 Å². The number of halogens is 2. The minimum absolute atomic E-state index is 0.0253. The largest absolute Gasteiger partial charge is 0.272 e. The molecule has 2 heterocycles. The van der Waals surface area contributed by atoms with E-state index in [1.54, 1.807) is 12.1 Å². The van der Waals surface area contributed by atoms with Crippen LogP contribution in [0.5, 0.6) is 0 Å². The average Bonchev–Trinajstić information content (AvgIpc) is 3.10. The van der Waals surface area contributed by atoms with Crippen molar-refractivity contribution in [1.29, 1.82) is 0 Å². The van der Waals surface area contributed by atoms with Crippen molar-refractivity contribution in [3.8, 4) is 0 Å². The Morgan fingerprint density at radius 2 is 1.83 bits per heavy atom. The van der Waals surface area contributed by atoms with Crippen molar-refractivity contribution < 1.29 is 18.4 Å². The molecule has 0 atom stereocenters. The lowest BCUT2D eigenvalue weighted by Gasteiger charge is -2.15. The van der Waals surface area contributed by atoms with E-state index < -0.39 is 23.4 Å². The molecule has 1 aliphatic rings. The van der Waals surface area contributed by atoms with Gasteiger partial charge in [-0.25, -0.2) is 13.7 Å². The molecule has 2 amide bonds. The highest BCUT2D eigenvalue weighted by Gasteiger charge is 2.41. The van der Waals surface area contributed by atoms with Gasteiger partial charge in [-0.05, 0) is 23.6 Å². The van der Waals surface area contributed by atoms with Gasteiger partial charge >= 0.3 is 0 Å². The van der Waals surface area contributed by atoms with Crippen LogP contribution in [0.1, 0.15) is 18.7 Å². The Labute approximate surface area is 146 Å². The Bertz CT molecular complexity index is 844. The fraction of sp³-hybridized carbons (Fsp3) is 0.176. The molecule has 0 unspecified atom stereocenters. The van der Waals surface area contributed by atoms with E-state index in [4.69, 9.17) is 0 Å². The Balaban J connectivity index is 2.09. The zero-order chi connectivity index (χ0) is 17.4. The number of benzene rings is 1. The van der Waals surface area contributed by atoms with E-state index in [0.29, 0.717) is 15.4 Å². The van der Waals surface area contributed by atoms with Crippen molar-refractivity contribution in [2.24, 2.45) is 0 Å². The Kier molecular flexibility index (Phi) is 4.56. The molecule has 0 radical (unpaired) electrons. The maximum absolute atomic E-state index is 13.5. The molecule has 1 aromatic carbocycles. The Hall–Kier alpha value is -1.99. The van der Waals surface area contributed by atoms with E-state index in [-0.39, 0.29) is 10.9 Å². The number of rotatable bonds is 4. The predicted octanol–water partition coefficient (Wildman–Crippen LogP) is 4.45. The van der Waals surface area contributed by atoms with E-state index in [1.807, 2.05) is 19.2 Å². The molecule has 0 spiro atoms. The van der Waals surface area contributed by atoms with Crippen molar-refractivity contribution in [2.75, 3.05) is 4.90 Å². The van der Waals surface area contributed by atoms with Crippen LogP contribution in [0.4, 0.5) is 14.5 Å². The molecule has 1 aliphatic heterocycles. The Morgan fingerprint density at radius 1 is 1.08 bits per heavy atom. The van der Waals surface area contributed by atoms with Crippen molar-refractivity contribution in [3.63, 3.8) is 0 Å². The molecule has 0 saturated heterocycles. The highest BCUT2D eigenvalue weighted by molar-refractivity contribution is 8.04. The first-order valence-electron chi connectivity index (χ1n) is 7.18. The fourth-order valence-electron chi connectivity index (χ4n) is 2.35. The molecule has 1 aromatic heterocycles. The van der Waals surface area contributed by atoms with Gasteiger partial charge in [0.25, 0.3) is 11.8 Å². The lowest BCUT2D eigenvalue weighted by atomic mass is 10.2. The molecule has 0 bridgehead atoms. The second kappa shape index (κ2) is 6.49.